The van der Waals surface area contributed by atoms with Crippen LogP contribution in [-0.4, -0.2) is 54.9 Å². The Hall–Kier alpha value is -2.86. The predicted molar refractivity (Wildman–Crippen MR) is 127 cm³/mol. The number of ether oxygens (including phenoxy) is 1. The van der Waals surface area contributed by atoms with Crippen molar-refractivity contribution in [3.63, 3.8) is 0 Å². The van der Waals surface area contributed by atoms with Crippen molar-refractivity contribution in [2.75, 3.05) is 27.2 Å². The van der Waals surface area contributed by atoms with Crippen molar-refractivity contribution < 1.29 is 14.3 Å². The molecule has 0 saturated carbocycles. The van der Waals surface area contributed by atoms with Crippen LogP contribution in [0.5, 0.6) is 5.75 Å². The zero-order valence-corrected chi connectivity index (χ0v) is 19.9. The summed E-state index contributed by atoms with van der Waals surface area (Å²) in [5.41, 5.74) is 5.79. The average molecular weight is 438 g/mol. The Bertz CT molecular complexity index is 956. The molecule has 0 unspecified atom stereocenters. The van der Waals surface area contributed by atoms with E-state index in [1.54, 1.807) is 19.1 Å². The number of methoxy groups -OCH3 is 1. The minimum absolute atomic E-state index is 0.0285. The molecule has 1 fully saturated rings. The molecule has 6 nitrogen and oxygen atoms in total. The highest BCUT2D eigenvalue weighted by Crippen LogP contribution is 2.26. The van der Waals surface area contributed by atoms with Crippen LogP contribution in [0.1, 0.15) is 41.2 Å². The van der Waals surface area contributed by atoms with E-state index < -0.39 is 6.04 Å². The van der Waals surface area contributed by atoms with Crippen molar-refractivity contribution in [1.29, 1.82) is 0 Å². The van der Waals surface area contributed by atoms with Crippen molar-refractivity contribution in [3.05, 3.63) is 64.2 Å². The smallest absolute Gasteiger partial charge is 0.237 e. The summed E-state index contributed by atoms with van der Waals surface area (Å²) in [5.74, 6) is 0.760. The summed E-state index contributed by atoms with van der Waals surface area (Å²) in [7, 11) is 3.48. The molecule has 0 aromatic heterocycles. The zero-order chi connectivity index (χ0) is 23.3. The molecule has 1 aliphatic heterocycles. The topological polar surface area (TPSA) is 61.9 Å². The van der Waals surface area contributed by atoms with Crippen LogP contribution in [0.2, 0.25) is 0 Å². The van der Waals surface area contributed by atoms with Gasteiger partial charge in [0, 0.05) is 33.2 Å². The van der Waals surface area contributed by atoms with E-state index in [0.29, 0.717) is 19.6 Å². The molecular weight excluding hydrogens is 402 g/mol. The van der Waals surface area contributed by atoms with E-state index in [0.717, 1.165) is 41.0 Å². The number of carbonyl (C=O) groups is 2. The number of nitrogens with one attached hydrogen (secondary N) is 1. The van der Waals surface area contributed by atoms with E-state index in [-0.39, 0.29) is 18.2 Å². The number of nitrogens with zero attached hydrogens (tertiary/aromatic N) is 2. The lowest BCUT2D eigenvalue weighted by Crippen LogP contribution is -2.56. The Labute approximate surface area is 191 Å². The van der Waals surface area contributed by atoms with Crippen molar-refractivity contribution in [2.45, 2.75) is 52.7 Å². The highest BCUT2D eigenvalue weighted by Gasteiger charge is 2.32. The van der Waals surface area contributed by atoms with Gasteiger partial charge in [-0.05, 0) is 54.2 Å². The molecule has 1 heterocycles. The van der Waals surface area contributed by atoms with Crippen LogP contribution in [-0.2, 0) is 29.1 Å². The number of benzene rings is 2. The van der Waals surface area contributed by atoms with E-state index in [1.165, 1.54) is 5.56 Å². The largest absolute Gasteiger partial charge is 0.496 e. The monoisotopic (exact) mass is 437 g/mol. The van der Waals surface area contributed by atoms with Crippen LogP contribution in [0.15, 0.2) is 36.4 Å². The Morgan fingerprint density at radius 2 is 1.81 bits per heavy atom. The molecule has 172 valence electrons. The van der Waals surface area contributed by atoms with Gasteiger partial charge in [0.2, 0.25) is 11.8 Å². The molecule has 0 radical (unpaired) electrons. The summed E-state index contributed by atoms with van der Waals surface area (Å²) >= 11 is 0. The molecule has 2 aromatic rings. The normalized spacial score (nSPS) is 16.5. The summed E-state index contributed by atoms with van der Waals surface area (Å²) < 4.78 is 5.42. The van der Waals surface area contributed by atoms with Crippen molar-refractivity contribution in [2.24, 2.45) is 0 Å². The van der Waals surface area contributed by atoms with E-state index in [9.17, 15) is 9.59 Å². The molecule has 2 amide bonds. The van der Waals surface area contributed by atoms with Crippen LogP contribution in [0.4, 0.5) is 0 Å². The van der Waals surface area contributed by atoms with Crippen LogP contribution in [0.3, 0.4) is 0 Å². The molecule has 6 heteroatoms. The maximum absolute atomic E-state index is 13.0. The lowest BCUT2D eigenvalue weighted by Gasteiger charge is -2.36. The van der Waals surface area contributed by atoms with Gasteiger partial charge in [-0.2, -0.15) is 0 Å². The van der Waals surface area contributed by atoms with Gasteiger partial charge in [-0.25, -0.2) is 0 Å². The second kappa shape index (κ2) is 10.6. The first kappa shape index (κ1) is 23.8. The summed E-state index contributed by atoms with van der Waals surface area (Å²) in [5, 5.41) is 2.93. The van der Waals surface area contributed by atoms with Gasteiger partial charge in [0.05, 0.1) is 19.6 Å². The second-order valence-electron chi connectivity index (χ2n) is 8.58. The van der Waals surface area contributed by atoms with Crippen molar-refractivity contribution in [3.8, 4) is 5.75 Å². The third-order valence-electron chi connectivity index (χ3n) is 6.53. The van der Waals surface area contributed by atoms with Crippen LogP contribution >= 0.6 is 0 Å². The molecule has 1 atom stereocenters. The third kappa shape index (κ3) is 5.49. The highest BCUT2D eigenvalue weighted by molar-refractivity contribution is 5.88. The van der Waals surface area contributed by atoms with Gasteiger partial charge in [-0.3, -0.25) is 14.5 Å². The van der Waals surface area contributed by atoms with Crippen molar-refractivity contribution >= 4 is 11.8 Å². The number of piperazine rings is 1. The first-order valence-corrected chi connectivity index (χ1v) is 11.3. The lowest BCUT2D eigenvalue weighted by atomic mass is 10.00. The molecule has 0 bridgehead atoms. The number of aryl methyl sites for hydroxylation is 1. The van der Waals surface area contributed by atoms with Gasteiger partial charge >= 0.3 is 0 Å². The van der Waals surface area contributed by atoms with E-state index in [2.05, 4.69) is 54.4 Å². The van der Waals surface area contributed by atoms with Gasteiger partial charge < -0.3 is 15.0 Å². The predicted octanol–water partition coefficient (Wildman–Crippen LogP) is 3.22. The molecular formula is C26H35N3O3. The van der Waals surface area contributed by atoms with Gasteiger partial charge in [0.1, 0.15) is 5.75 Å². The Balaban J connectivity index is 1.69. The number of hydrogen-bond acceptors (Lipinski definition) is 4. The minimum Gasteiger partial charge on any atom is -0.496 e. The van der Waals surface area contributed by atoms with Gasteiger partial charge in [-0.15, -0.1) is 0 Å². The first-order chi connectivity index (χ1) is 15.3. The molecule has 0 spiro atoms. The third-order valence-corrected chi connectivity index (χ3v) is 6.53. The van der Waals surface area contributed by atoms with Crippen LogP contribution in [0, 0.1) is 13.8 Å². The summed E-state index contributed by atoms with van der Waals surface area (Å²) in [6, 6.07) is 11.9. The summed E-state index contributed by atoms with van der Waals surface area (Å²) in [6.45, 7) is 8.73. The molecule has 1 aliphatic rings. The molecule has 2 aromatic carbocycles. The second-order valence-corrected chi connectivity index (χ2v) is 8.58. The fourth-order valence-electron chi connectivity index (χ4n) is 4.20. The quantitative estimate of drug-likeness (QED) is 0.689. The SMILES string of the molecule is CCc1ccc(CN(C)C(=O)C[C@@H]2C(=O)NCCN2Cc2ccc(OC)c(C)c2C)cc1. The zero-order valence-electron chi connectivity index (χ0n) is 19.9. The maximum Gasteiger partial charge on any atom is 0.237 e. The Morgan fingerprint density at radius 1 is 1.12 bits per heavy atom. The fourth-order valence-corrected chi connectivity index (χ4v) is 4.20. The molecule has 0 aliphatic carbocycles. The number of hydrogen-bond donors (Lipinski definition) is 1. The molecule has 32 heavy (non-hydrogen) atoms. The van der Waals surface area contributed by atoms with E-state index in [4.69, 9.17) is 4.74 Å². The first-order valence-electron chi connectivity index (χ1n) is 11.3. The minimum atomic E-state index is -0.469. The van der Waals surface area contributed by atoms with Crippen LogP contribution in [0.25, 0.3) is 0 Å². The standard InChI is InChI=1S/C26H35N3O3/c1-6-20-7-9-21(10-8-20)16-28(4)25(30)15-23-26(31)27-13-14-29(23)17-22-11-12-24(32-5)19(3)18(22)2/h7-12,23H,6,13-17H2,1-5H3,(H,27,31)/t23-/m1/s1. The average Bonchev–Trinajstić information content (AvgIpc) is 2.79. The van der Waals surface area contributed by atoms with Crippen LogP contribution < -0.4 is 10.1 Å². The Kier molecular flexibility index (Phi) is 7.91. The van der Waals surface area contributed by atoms with E-state index in [1.807, 2.05) is 13.0 Å². The Morgan fingerprint density at radius 3 is 2.47 bits per heavy atom. The molecule has 3 rings (SSSR count). The lowest BCUT2D eigenvalue weighted by molar-refractivity contribution is -0.138. The number of amides is 2. The van der Waals surface area contributed by atoms with Crippen molar-refractivity contribution in [1.82, 2.24) is 15.1 Å². The number of carbonyl (C=O) groups excluding carboxylic acids is 2. The van der Waals surface area contributed by atoms with E-state index >= 15 is 0 Å². The highest BCUT2D eigenvalue weighted by atomic mass is 16.5. The maximum atomic E-state index is 13.0. The molecule has 1 N–H and O–H groups in total. The van der Waals surface area contributed by atoms with Gasteiger partial charge in [0.15, 0.2) is 0 Å². The molecule has 1 saturated heterocycles. The van der Waals surface area contributed by atoms with Gasteiger partial charge in [0.25, 0.3) is 0 Å². The summed E-state index contributed by atoms with van der Waals surface area (Å²) in [4.78, 5) is 29.5. The fraction of sp³-hybridized carbons (Fsp3) is 0.462. The van der Waals surface area contributed by atoms with Gasteiger partial charge in [-0.1, -0.05) is 37.3 Å². The summed E-state index contributed by atoms with van der Waals surface area (Å²) in [6.07, 6.45) is 1.17. The number of rotatable bonds is 8.